The number of fused-ring (bicyclic) bond motifs is 1. The minimum atomic E-state index is -4.00. The second-order valence-corrected chi connectivity index (χ2v) is 29.7. The number of hydrogen-bond acceptors (Lipinski definition) is 21. The number of carbonyl (C=O) groups excluding carboxylic acids is 9. The number of thiol groups is 1. The first-order chi connectivity index (χ1) is 49.4. The normalized spacial score (nSPS) is 13.2. The van der Waals surface area contributed by atoms with Crippen LogP contribution in [0.3, 0.4) is 0 Å². The summed E-state index contributed by atoms with van der Waals surface area (Å²) < 4.78 is 64.5. The Kier molecular flexibility index (Phi) is 36.2. The predicted molar refractivity (Wildman–Crippen MR) is 389 cm³/mol. The third-order valence-electron chi connectivity index (χ3n) is 17.7. The molecule has 1 aliphatic heterocycles. The first kappa shape index (κ1) is 86.6. The highest BCUT2D eigenvalue weighted by molar-refractivity contribution is 7.89. The third-order valence-corrected chi connectivity index (χ3v) is 19.8. The number of nitrogens with zero attached hydrogens (tertiary/aromatic N) is 8. The summed E-state index contributed by atoms with van der Waals surface area (Å²) in [6.45, 7) is 4.16. The fraction of sp³-hybridized carbons (Fsp3) is 0.594. The van der Waals surface area contributed by atoms with Crippen molar-refractivity contribution in [1.29, 1.82) is 0 Å². The molecule has 2 aliphatic rings. The van der Waals surface area contributed by atoms with Crippen molar-refractivity contribution < 1.29 is 84.1 Å². The van der Waals surface area contributed by atoms with E-state index in [-0.39, 0.29) is 101 Å². The molecule has 1 fully saturated rings. The lowest BCUT2D eigenvalue weighted by molar-refractivity contribution is -0.153. The van der Waals surface area contributed by atoms with Gasteiger partial charge in [0.1, 0.15) is 45.5 Å². The van der Waals surface area contributed by atoms with Gasteiger partial charge in [-0.05, 0) is 171 Å². The van der Waals surface area contributed by atoms with Crippen molar-refractivity contribution >= 4 is 91.8 Å². The standard InChI is InChI=1S/C69H106N14O18S3/c1-6-99-47-80(65(89)45-83(54-14-8-7-9-15-54)67(91)42-78(34-27-52-18-23-56(24-19-52)104(73,97)98)61(85)37-74-31-26-51-16-21-55(22-17-51)103(72,95)96)43-66(90)82(50(4)5)46-68(92)81(49(2)3)44-64(88)77(33-13-11-30-71)40-63(87)79(38-53-20-25-58-59(36-53)101-48-100-58)41-62(86)76(32-12-10-29-70)39-60(84)75-57(28-35-102)69(93)94/h16-25,36,49-50,54,57,74,102H,6-15,26-35,37-48,70-71H2,1-5H3,(H,75,84)(H,93,94)(H2,72,95,96)(H2,73,97,98). The molecule has 35 heteroatoms. The molecule has 104 heavy (non-hydrogen) atoms. The number of carboxylic acid groups (broad SMARTS) is 1. The van der Waals surface area contributed by atoms with Gasteiger partial charge < -0.3 is 80.6 Å². The van der Waals surface area contributed by atoms with Gasteiger partial charge >= 0.3 is 5.97 Å². The van der Waals surface area contributed by atoms with Gasteiger partial charge in [0.2, 0.25) is 80.0 Å². The summed E-state index contributed by atoms with van der Waals surface area (Å²) in [5, 5.41) is 25.8. The van der Waals surface area contributed by atoms with Crippen LogP contribution in [0.25, 0.3) is 0 Å². The Labute approximate surface area is 615 Å². The second-order valence-electron chi connectivity index (χ2n) is 26.2. The van der Waals surface area contributed by atoms with Crippen molar-refractivity contribution in [3.63, 3.8) is 0 Å². The summed E-state index contributed by atoms with van der Waals surface area (Å²) in [7, 11) is -7.91. The molecule has 0 saturated heterocycles. The zero-order chi connectivity index (χ0) is 76.7. The Morgan fingerprint density at radius 2 is 1.05 bits per heavy atom. The van der Waals surface area contributed by atoms with Crippen LogP contribution >= 0.6 is 12.6 Å². The molecule has 5 rings (SSSR count). The Bertz CT molecular complexity index is 3590. The van der Waals surface area contributed by atoms with Gasteiger partial charge in [0.15, 0.2) is 11.5 Å². The molecule has 9 amide bonds. The summed E-state index contributed by atoms with van der Waals surface area (Å²) in [6, 6.07) is 13.7. The first-order valence-electron chi connectivity index (χ1n) is 35.1. The van der Waals surface area contributed by atoms with Crippen molar-refractivity contribution in [3.8, 4) is 11.5 Å². The number of rotatable bonds is 46. The maximum Gasteiger partial charge on any atom is 0.326 e. The monoisotopic (exact) mass is 1510 g/mol. The first-order valence-corrected chi connectivity index (χ1v) is 38.8. The summed E-state index contributed by atoms with van der Waals surface area (Å²) in [5.74, 6) is -6.03. The maximum absolute atomic E-state index is 14.9. The zero-order valence-corrected chi connectivity index (χ0v) is 62.9. The van der Waals surface area contributed by atoms with Crippen LogP contribution in [0.15, 0.2) is 76.5 Å². The number of hydrogen-bond donors (Lipinski definition) is 8. The highest BCUT2D eigenvalue weighted by Crippen LogP contribution is 2.33. The van der Waals surface area contributed by atoms with Gasteiger partial charge in [0, 0.05) is 50.9 Å². The molecule has 1 saturated carbocycles. The van der Waals surface area contributed by atoms with E-state index in [0.717, 1.165) is 29.7 Å². The van der Waals surface area contributed by atoms with Gasteiger partial charge in [-0.25, -0.2) is 31.9 Å². The van der Waals surface area contributed by atoms with Crippen LogP contribution in [-0.2, 0) is 92.1 Å². The molecule has 0 spiro atoms. The molecule has 32 nitrogen and oxygen atoms in total. The number of aliphatic carboxylic acids is 1. The number of carbonyl (C=O) groups is 10. The number of nitrogens with one attached hydrogen (secondary N) is 2. The topological polar surface area (TPSA) is 441 Å². The lowest BCUT2D eigenvalue weighted by Crippen LogP contribution is -2.55. The number of amides is 9. The van der Waals surface area contributed by atoms with Crippen LogP contribution in [0.5, 0.6) is 11.5 Å². The van der Waals surface area contributed by atoms with Crippen molar-refractivity contribution in [3.05, 3.63) is 83.4 Å². The molecule has 11 N–H and O–H groups in total. The van der Waals surface area contributed by atoms with Crippen LogP contribution in [0.1, 0.15) is 116 Å². The van der Waals surface area contributed by atoms with Gasteiger partial charge in [-0.3, -0.25) is 43.2 Å². The number of unbranched alkanes of at least 4 members (excludes halogenated alkanes) is 2. The fourth-order valence-corrected chi connectivity index (χ4v) is 12.9. The number of primary sulfonamides is 2. The van der Waals surface area contributed by atoms with Crippen LogP contribution in [0, 0.1) is 0 Å². The van der Waals surface area contributed by atoms with E-state index < -0.39 is 156 Å². The molecule has 1 heterocycles. The third kappa shape index (κ3) is 28.8. The molecule has 3 aromatic rings. The smallest absolute Gasteiger partial charge is 0.326 e. The van der Waals surface area contributed by atoms with Crippen LogP contribution in [0.2, 0.25) is 0 Å². The molecule has 3 aromatic carbocycles. The van der Waals surface area contributed by atoms with Crippen LogP contribution < -0.4 is 41.9 Å². The Hall–Kier alpha value is -8.03. The van der Waals surface area contributed by atoms with Crippen LogP contribution in [0.4, 0.5) is 0 Å². The van der Waals surface area contributed by atoms with Crippen molar-refractivity contribution in [2.24, 2.45) is 21.7 Å². The molecule has 0 bridgehead atoms. The average molecular weight is 1520 g/mol. The average Bonchev–Trinajstić information content (AvgIpc) is 1.84. The molecule has 1 aliphatic carbocycles. The second kappa shape index (κ2) is 43.4. The highest BCUT2D eigenvalue weighted by atomic mass is 32.2. The molecular weight excluding hydrogens is 1410 g/mol. The largest absolute Gasteiger partial charge is 0.480 e. The number of ether oxygens (including phenoxy) is 3. The van der Waals surface area contributed by atoms with E-state index in [0.29, 0.717) is 67.6 Å². The predicted octanol–water partition coefficient (Wildman–Crippen LogP) is 0.424. The molecular formula is C69H106N14O18S3. The summed E-state index contributed by atoms with van der Waals surface area (Å²) in [5.41, 5.74) is 13.6. The minimum Gasteiger partial charge on any atom is -0.480 e. The molecule has 578 valence electrons. The zero-order valence-electron chi connectivity index (χ0n) is 60.3. The molecule has 0 radical (unpaired) electrons. The molecule has 1 atom stereocenters. The number of sulfonamides is 2. The quantitative estimate of drug-likeness (QED) is 0.0216. The van der Waals surface area contributed by atoms with E-state index in [1.165, 1.54) is 58.6 Å². The van der Waals surface area contributed by atoms with E-state index in [1.54, 1.807) is 77.1 Å². The summed E-state index contributed by atoms with van der Waals surface area (Å²) in [4.78, 5) is 152. The van der Waals surface area contributed by atoms with Gasteiger partial charge in [0.05, 0.1) is 36.0 Å². The Morgan fingerprint density at radius 3 is 1.60 bits per heavy atom. The summed E-state index contributed by atoms with van der Waals surface area (Å²) >= 11 is 4.11. The number of benzene rings is 3. The van der Waals surface area contributed by atoms with Crippen LogP contribution in [-0.4, -0.2) is 268 Å². The Balaban J connectivity index is 1.35. The molecule has 0 aromatic heterocycles. The van der Waals surface area contributed by atoms with Crippen molar-refractivity contribution in [1.82, 2.24) is 49.8 Å². The van der Waals surface area contributed by atoms with E-state index in [2.05, 4.69) is 23.3 Å². The van der Waals surface area contributed by atoms with Gasteiger partial charge in [-0.15, -0.1) is 0 Å². The van der Waals surface area contributed by atoms with E-state index in [9.17, 15) is 69.9 Å². The fourth-order valence-electron chi connectivity index (χ4n) is 11.7. The van der Waals surface area contributed by atoms with Gasteiger partial charge in [-0.2, -0.15) is 12.6 Å². The maximum atomic E-state index is 14.9. The Morgan fingerprint density at radius 1 is 0.567 bits per heavy atom. The lowest BCUT2D eigenvalue weighted by Gasteiger charge is -2.37. The minimum absolute atomic E-state index is 0.00170. The van der Waals surface area contributed by atoms with Gasteiger partial charge in [0.25, 0.3) is 0 Å². The molecule has 1 unspecified atom stereocenters. The number of carboxylic acids is 1. The lowest BCUT2D eigenvalue weighted by atomic mass is 9.94. The van der Waals surface area contributed by atoms with E-state index >= 15 is 0 Å². The summed E-state index contributed by atoms with van der Waals surface area (Å²) in [6.07, 6.45) is 5.73. The van der Waals surface area contributed by atoms with E-state index in [4.69, 9.17) is 36.0 Å². The van der Waals surface area contributed by atoms with E-state index in [1.807, 2.05) is 0 Å². The SMILES string of the molecule is CCOCN(CC(=O)N(CC(=O)N(CC(=O)N(CCCCN)CC(=O)N(CC(=O)N(CCCCN)CC(=O)NC(CCS)C(=O)O)Cc1ccc2c(c1)OCO2)C(C)C)C(C)C)C(=O)CN(C(=O)CN(CCc1ccc(S(N)(=O)=O)cc1)C(=O)CNCCc1ccc(S(N)(=O)=O)cc1)C1CCCCC1. The van der Waals surface area contributed by atoms with Crippen molar-refractivity contribution in [2.75, 3.05) is 124 Å². The number of nitrogens with two attached hydrogens (primary N) is 4. The van der Waals surface area contributed by atoms with Crippen molar-refractivity contribution in [2.45, 2.75) is 152 Å². The van der Waals surface area contributed by atoms with Gasteiger partial charge in [-0.1, -0.05) is 49.6 Å². The highest BCUT2D eigenvalue weighted by Gasteiger charge is 2.35.